The third-order valence-corrected chi connectivity index (χ3v) is 2.46. The van der Waals surface area contributed by atoms with Crippen LogP contribution in [-0.4, -0.2) is 5.97 Å². The van der Waals surface area contributed by atoms with E-state index in [9.17, 15) is 9.90 Å². The maximum atomic E-state index is 10.6. The van der Waals surface area contributed by atoms with Crippen LogP contribution in [0.3, 0.4) is 0 Å². The maximum absolute atomic E-state index is 10.6. The molecule has 0 aliphatic carbocycles. The van der Waals surface area contributed by atoms with Crippen LogP contribution in [0.1, 0.15) is 5.56 Å². The molecule has 2 aromatic rings. The van der Waals surface area contributed by atoms with Gasteiger partial charge in [-0.2, -0.15) is 0 Å². The zero-order chi connectivity index (χ0) is 13.0. The second kappa shape index (κ2) is 7.19. The van der Waals surface area contributed by atoms with Crippen LogP contribution >= 0.6 is 0 Å². The number of aliphatic carboxylic acids is 1. The largest absolute Gasteiger partial charge is 1.00 e. The number of anilines is 1. The molecule has 0 saturated heterocycles. The number of para-hydroxylation sites is 2. The van der Waals surface area contributed by atoms with Crippen molar-refractivity contribution in [1.29, 1.82) is 0 Å². The van der Waals surface area contributed by atoms with E-state index in [1.807, 2.05) is 18.2 Å². The summed E-state index contributed by atoms with van der Waals surface area (Å²) in [5.41, 5.74) is 6.68. The molecule has 4 nitrogen and oxygen atoms in total. The molecule has 19 heavy (non-hydrogen) atoms. The predicted octanol–water partition coefficient (Wildman–Crippen LogP) is -1.64. The van der Waals surface area contributed by atoms with Crippen LogP contribution in [0.5, 0.6) is 11.5 Å². The smallest absolute Gasteiger partial charge is 0.550 e. The summed E-state index contributed by atoms with van der Waals surface area (Å²) in [4.78, 5) is 10.6. The molecule has 0 fully saturated rings. The SMILES string of the molecule is Nc1c(CC(=O)[O-])cccc1Oc1ccccc1.[Na+]. The molecule has 2 aromatic carbocycles. The van der Waals surface area contributed by atoms with E-state index in [-0.39, 0.29) is 36.0 Å². The molecule has 0 aromatic heterocycles. The summed E-state index contributed by atoms with van der Waals surface area (Å²) in [7, 11) is 0. The summed E-state index contributed by atoms with van der Waals surface area (Å²) in [5, 5.41) is 10.6. The van der Waals surface area contributed by atoms with E-state index >= 15 is 0 Å². The van der Waals surface area contributed by atoms with Crippen molar-refractivity contribution in [2.24, 2.45) is 0 Å². The average molecular weight is 265 g/mol. The van der Waals surface area contributed by atoms with Crippen LogP contribution in [0.2, 0.25) is 0 Å². The van der Waals surface area contributed by atoms with Crippen LogP contribution < -0.4 is 45.1 Å². The number of hydrogen-bond acceptors (Lipinski definition) is 4. The topological polar surface area (TPSA) is 75.4 Å². The number of hydrogen-bond donors (Lipinski definition) is 1. The third-order valence-electron chi connectivity index (χ3n) is 2.46. The number of carbonyl (C=O) groups is 1. The number of benzene rings is 2. The van der Waals surface area contributed by atoms with Gasteiger partial charge in [0.2, 0.25) is 0 Å². The molecule has 0 saturated carbocycles. The molecule has 0 aliphatic heterocycles. The number of nitrogen functional groups attached to an aromatic ring is 1. The molecular formula is C14H12NNaO3. The molecule has 2 rings (SSSR count). The fourth-order valence-electron chi connectivity index (χ4n) is 1.60. The van der Waals surface area contributed by atoms with Crippen LogP contribution in [0.25, 0.3) is 0 Å². The Morgan fingerprint density at radius 2 is 1.79 bits per heavy atom. The molecule has 0 heterocycles. The average Bonchev–Trinajstić information content (AvgIpc) is 2.35. The first-order chi connectivity index (χ1) is 8.66. The Balaban J connectivity index is 0.00000180. The minimum absolute atomic E-state index is 0. The zero-order valence-corrected chi connectivity index (χ0v) is 12.6. The Bertz CT molecular complexity index is 558. The Kier molecular flexibility index (Phi) is 5.89. The van der Waals surface area contributed by atoms with E-state index in [0.29, 0.717) is 22.7 Å². The molecule has 0 radical (unpaired) electrons. The normalized spacial score (nSPS) is 9.47. The van der Waals surface area contributed by atoms with Gasteiger partial charge in [0.05, 0.1) is 5.69 Å². The van der Waals surface area contributed by atoms with Crippen molar-refractivity contribution in [3.63, 3.8) is 0 Å². The fourth-order valence-corrected chi connectivity index (χ4v) is 1.60. The molecule has 5 heteroatoms. The molecule has 0 aliphatic rings. The standard InChI is InChI=1S/C14H13NO3.Na/c15-14-10(9-13(16)17)5-4-8-12(14)18-11-6-2-1-3-7-11;/h1-8H,9,15H2,(H,16,17);/q;+1/p-1. The zero-order valence-electron chi connectivity index (χ0n) is 10.6. The van der Waals surface area contributed by atoms with E-state index < -0.39 is 5.97 Å². The van der Waals surface area contributed by atoms with Gasteiger partial charge in [-0.3, -0.25) is 0 Å². The molecule has 92 valence electrons. The molecule has 0 bridgehead atoms. The van der Waals surface area contributed by atoms with Gasteiger partial charge in [0.25, 0.3) is 0 Å². The molecule has 0 unspecified atom stereocenters. The molecule has 2 N–H and O–H groups in total. The number of nitrogens with two attached hydrogens (primary N) is 1. The van der Waals surface area contributed by atoms with Crippen LogP contribution in [0.4, 0.5) is 5.69 Å². The van der Waals surface area contributed by atoms with Crippen molar-refractivity contribution >= 4 is 11.7 Å². The monoisotopic (exact) mass is 265 g/mol. The molecular weight excluding hydrogens is 253 g/mol. The summed E-state index contributed by atoms with van der Waals surface area (Å²) in [6, 6.07) is 14.2. The molecule has 0 spiro atoms. The second-order valence-corrected chi connectivity index (χ2v) is 3.79. The van der Waals surface area contributed by atoms with E-state index in [1.165, 1.54) is 0 Å². The Morgan fingerprint density at radius 1 is 1.11 bits per heavy atom. The van der Waals surface area contributed by atoms with Gasteiger partial charge in [0, 0.05) is 12.4 Å². The van der Waals surface area contributed by atoms with Crippen molar-refractivity contribution in [1.82, 2.24) is 0 Å². The van der Waals surface area contributed by atoms with E-state index in [1.54, 1.807) is 30.3 Å². The molecule has 0 atom stereocenters. The van der Waals surface area contributed by atoms with Crippen molar-refractivity contribution in [3.8, 4) is 11.5 Å². The van der Waals surface area contributed by atoms with Crippen molar-refractivity contribution in [3.05, 3.63) is 54.1 Å². The van der Waals surface area contributed by atoms with E-state index in [0.717, 1.165) is 0 Å². The Hall–Kier alpha value is -1.49. The van der Waals surface area contributed by atoms with Crippen LogP contribution in [0.15, 0.2) is 48.5 Å². The van der Waals surface area contributed by atoms with E-state index in [4.69, 9.17) is 10.5 Å². The first-order valence-electron chi connectivity index (χ1n) is 5.47. The number of carboxylic acids is 1. The first kappa shape index (κ1) is 15.6. The van der Waals surface area contributed by atoms with Gasteiger partial charge in [-0.05, 0) is 23.8 Å². The number of carboxylic acid groups (broad SMARTS) is 1. The summed E-state index contributed by atoms with van der Waals surface area (Å²) in [6.45, 7) is 0. The number of carbonyl (C=O) groups excluding carboxylic acids is 1. The summed E-state index contributed by atoms with van der Waals surface area (Å²) < 4.78 is 5.59. The summed E-state index contributed by atoms with van der Waals surface area (Å²) in [5.74, 6) is -0.0756. The van der Waals surface area contributed by atoms with Gasteiger partial charge >= 0.3 is 29.6 Å². The minimum Gasteiger partial charge on any atom is -0.550 e. The summed E-state index contributed by atoms with van der Waals surface area (Å²) >= 11 is 0. The van der Waals surface area contributed by atoms with Gasteiger partial charge in [0.15, 0.2) is 5.75 Å². The van der Waals surface area contributed by atoms with Gasteiger partial charge in [0.1, 0.15) is 5.75 Å². The van der Waals surface area contributed by atoms with Crippen LogP contribution in [0, 0.1) is 0 Å². The second-order valence-electron chi connectivity index (χ2n) is 3.79. The van der Waals surface area contributed by atoms with Gasteiger partial charge < -0.3 is 20.4 Å². The number of rotatable bonds is 4. The first-order valence-corrected chi connectivity index (χ1v) is 5.47. The minimum atomic E-state index is -1.17. The quantitative estimate of drug-likeness (QED) is 0.531. The van der Waals surface area contributed by atoms with Gasteiger partial charge in [-0.1, -0.05) is 30.3 Å². The number of ether oxygens (including phenoxy) is 1. The summed E-state index contributed by atoms with van der Waals surface area (Å²) in [6.07, 6.45) is -0.224. The van der Waals surface area contributed by atoms with E-state index in [2.05, 4.69) is 0 Å². The van der Waals surface area contributed by atoms with Crippen LogP contribution in [-0.2, 0) is 11.2 Å². The predicted molar refractivity (Wildman–Crippen MR) is 66.1 cm³/mol. The maximum Gasteiger partial charge on any atom is 1.00 e. The molecule has 0 amide bonds. The Labute approximate surface area is 133 Å². The van der Waals surface area contributed by atoms with Gasteiger partial charge in [-0.15, -0.1) is 0 Å². The van der Waals surface area contributed by atoms with Crippen molar-refractivity contribution in [2.75, 3.05) is 5.73 Å². The van der Waals surface area contributed by atoms with Crippen molar-refractivity contribution < 1.29 is 44.2 Å². The fraction of sp³-hybridized carbons (Fsp3) is 0.0714. The Morgan fingerprint density at radius 3 is 2.42 bits per heavy atom. The third kappa shape index (κ3) is 4.28. The van der Waals surface area contributed by atoms with Crippen molar-refractivity contribution in [2.45, 2.75) is 6.42 Å². The van der Waals surface area contributed by atoms with Gasteiger partial charge in [-0.25, -0.2) is 0 Å².